The van der Waals surface area contributed by atoms with E-state index in [1.807, 2.05) is 23.7 Å². The molecule has 33 heavy (non-hydrogen) atoms. The Morgan fingerprint density at radius 2 is 2.03 bits per heavy atom. The predicted molar refractivity (Wildman–Crippen MR) is 118 cm³/mol. The van der Waals surface area contributed by atoms with Gasteiger partial charge in [-0.15, -0.1) is 0 Å². The summed E-state index contributed by atoms with van der Waals surface area (Å²) in [6.45, 7) is 2.46. The second kappa shape index (κ2) is 8.91. The molecule has 1 atom stereocenters. The number of nitriles is 1. The van der Waals surface area contributed by atoms with Gasteiger partial charge in [-0.3, -0.25) is 9.63 Å². The number of fused-ring (bicyclic) bond motifs is 1. The molecule has 1 amide bonds. The lowest BCUT2D eigenvalue weighted by molar-refractivity contribution is -0.183. The average molecular weight is 448 g/mol. The number of carbonyl (C=O) groups excluding carboxylic acids is 1. The summed E-state index contributed by atoms with van der Waals surface area (Å²) in [5, 5.41) is 14.9. The van der Waals surface area contributed by atoms with Crippen LogP contribution < -0.4 is 0 Å². The molecule has 0 N–H and O–H groups in total. The quantitative estimate of drug-likeness (QED) is 0.595. The number of amides is 1. The fourth-order valence-corrected chi connectivity index (χ4v) is 5.26. The van der Waals surface area contributed by atoms with E-state index in [4.69, 9.17) is 10.1 Å². The van der Waals surface area contributed by atoms with Crippen LogP contribution in [0.15, 0.2) is 36.8 Å². The molecule has 170 valence electrons. The minimum Gasteiger partial charge on any atom is -0.272 e. The number of carbonyl (C=O) groups is 1. The van der Waals surface area contributed by atoms with E-state index in [1.54, 1.807) is 12.4 Å². The van der Waals surface area contributed by atoms with Crippen LogP contribution in [0.5, 0.6) is 0 Å². The summed E-state index contributed by atoms with van der Waals surface area (Å²) in [5.74, 6) is -0.0710. The fourth-order valence-electron chi connectivity index (χ4n) is 5.26. The lowest BCUT2D eigenvalue weighted by Gasteiger charge is -2.32. The number of hydrogen-bond acceptors (Lipinski definition) is 5. The molecule has 0 bridgehead atoms. The van der Waals surface area contributed by atoms with Gasteiger partial charge in [-0.05, 0) is 79.8 Å². The van der Waals surface area contributed by atoms with Crippen molar-refractivity contribution in [3.8, 4) is 6.07 Å². The highest BCUT2D eigenvalue weighted by Gasteiger charge is 2.37. The van der Waals surface area contributed by atoms with Crippen LogP contribution in [0.3, 0.4) is 0 Å². The highest BCUT2D eigenvalue weighted by atomic mass is 19.1. The van der Waals surface area contributed by atoms with Crippen molar-refractivity contribution in [1.82, 2.24) is 19.7 Å². The molecule has 0 unspecified atom stereocenters. The van der Waals surface area contributed by atoms with E-state index in [2.05, 4.69) is 16.1 Å². The second-order valence-corrected chi connectivity index (χ2v) is 9.17. The van der Waals surface area contributed by atoms with Gasteiger partial charge >= 0.3 is 0 Å². The molecule has 1 saturated heterocycles. The standard InChI is InChI=1S/C25H26FN5O2/c1-16-8-19(14-30-24(16)28-15-29-30)9-17-2-4-20(5-3-17)25(32)31-23(6-7-33-31)21-10-18(13-27)11-22(26)12-21/h8,10-12,14-15,17,20,23H,2-7,9H2,1H3/t17-,20-,23-/m0/s1. The summed E-state index contributed by atoms with van der Waals surface area (Å²) in [6, 6.07) is 8.05. The van der Waals surface area contributed by atoms with Crippen LogP contribution in [-0.4, -0.2) is 32.2 Å². The summed E-state index contributed by atoms with van der Waals surface area (Å²) < 4.78 is 15.8. The zero-order chi connectivity index (χ0) is 22.9. The van der Waals surface area contributed by atoms with Gasteiger partial charge in [0, 0.05) is 18.5 Å². The van der Waals surface area contributed by atoms with Crippen LogP contribution in [0, 0.1) is 35.9 Å². The minimum absolute atomic E-state index is 0.0291. The largest absolute Gasteiger partial charge is 0.272 e. The maximum atomic E-state index is 14.0. The number of aromatic nitrogens is 3. The second-order valence-electron chi connectivity index (χ2n) is 9.17. The Balaban J connectivity index is 1.23. The SMILES string of the molecule is Cc1cc(C[C@H]2CC[C@H](C(=O)N3OCC[C@H]3c3cc(F)cc(C#N)c3)CC2)cn2ncnc12. The molecule has 3 aromatic rings. The molecular formula is C25H26FN5O2. The molecule has 0 radical (unpaired) electrons. The van der Waals surface area contributed by atoms with Gasteiger partial charge in [-0.2, -0.15) is 10.4 Å². The number of hydrogen-bond donors (Lipinski definition) is 0. The number of halogens is 1. The van der Waals surface area contributed by atoms with Crippen LogP contribution in [0.1, 0.15) is 60.4 Å². The van der Waals surface area contributed by atoms with Crippen LogP contribution in [0.4, 0.5) is 4.39 Å². The minimum atomic E-state index is -0.469. The third kappa shape index (κ3) is 4.33. The van der Waals surface area contributed by atoms with E-state index >= 15 is 0 Å². The molecule has 5 rings (SSSR count). The summed E-state index contributed by atoms with van der Waals surface area (Å²) in [4.78, 5) is 23.2. The lowest BCUT2D eigenvalue weighted by Crippen LogP contribution is -2.36. The van der Waals surface area contributed by atoms with Gasteiger partial charge in [0.2, 0.25) is 5.91 Å². The zero-order valence-corrected chi connectivity index (χ0v) is 18.6. The third-order valence-corrected chi connectivity index (χ3v) is 6.89. The first kappa shape index (κ1) is 21.5. The lowest BCUT2D eigenvalue weighted by atomic mass is 9.79. The Bertz CT molecular complexity index is 1230. The van der Waals surface area contributed by atoms with Crippen molar-refractivity contribution in [1.29, 1.82) is 5.26 Å². The smallest absolute Gasteiger partial charge is 0.249 e. The highest BCUT2D eigenvalue weighted by Crippen LogP contribution is 2.37. The van der Waals surface area contributed by atoms with E-state index in [0.717, 1.165) is 43.3 Å². The van der Waals surface area contributed by atoms with Gasteiger partial charge < -0.3 is 0 Å². The van der Waals surface area contributed by atoms with E-state index < -0.39 is 5.82 Å². The molecule has 7 nitrogen and oxygen atoms in total. The van der Waals surface area contributed by atoms with E-state index in [-0.39, 0.29) is 23.4 Å². The number of rotatable bonds is 4. The number of aryl methyl sites for hydroxylation is 1. The Labute approximate surface area is 191 Å². The first-order valence-electron chi connectivity index (χ1n) is 11.5. The van der Waals surface area contributed by atoms with Crippen LogP contribution in [0.2, 0.25) is 0 Å². The van der Waals surface area contributed by atoms with Gasteiger partial charge in [0.05, 0.1) is 24.3 Å². The first-order valence-corrected chi connectivity index (χ1v) is 11.5. The van der Waals surface area contributed by atoms with Crippen molar-refractivity contribution in [2.45, 2.75) is 51.5 Å². The Kier molecular flexibility index (Phi) is 5.81. The monoisotopic (exact) mass is 447 g/mol. The van der Waals surface area contributed by atoms with Crippen molar-refractivity contribution >= 4 is 11.6 Å². The topological polar surface area (TPSA) is 83.5 Å². The molecule has 2 fully saturated rings. The first-order chi connectivity index (χ1) is 16.0. The van der Waals surface area contributed by atoms with E-state index in [1.165, 1.54) is 22.8 Å². The number of benzene rings is 1. The number of hydroxylamine groups is 2. The summed E-state index contributed by atoms with van der Waals surface area (Å²) in [7, 11) is 0. The van der Waals surface area contributed by atoms with Crippen molar-refractivity contribution in [2.24, 2.45) is 11.8 Å². The normalized spacial score (nSPS) is 23.1. The third-order valence-electron chi connectivity index (χ3n) is 6.89. The van der Waals surface area contributed by atoms with Crippen molar-refractivity contribution < 1.29 is 14.0 Å². The van der Waals surface area contributed by atoms with Gasteiger partial charge in [-0.1, -0.05) is 6.07 Å². The maximum absolute atomic E-state index is 14.0. The fraction of sp³-hybridized carbons (Fsp3) is 0.440. The molecule has 3 heterocycles. The van der Waals surface area contributed by atoms with E-state index in [9.17, 15) is 9.18 Å². The Morgan fingerprint density at radius 1 is 1.21 bits per heavy atom. The molecule has 8 heteroatoms. The maximum Gasteiger partial charge on any atom is 0.249 e. The number of pyridine rings is 1. The van der Waals surface area contributed by atoms with Crippen LogP contribution >= 0.6 is 0 Å². The van der Waals surface area contributed by atoms with Gasteiger partial charge in [0.25, 0.3) is 0 Å². The van der Waals surface area contributed by atoms with E-state index in [0.29, 0.717) is 24.5 Å². The number of nitrogens with zero attached hydrogens (tertiary/aromatic N) is 5. The molecule has 1 saturated carbocycles. The van der Waals surface area contributed by atoms with Crippen molar-refractivity contribution in [3.05, 3.63) is 64.9 Å². The van der Waals surface area contributed by atoms with Gasteiger partial charge in [-0.25, -0.2) is 19.0 Å². The van der Waals surface area contributed by atoms with Gasteiger partial charge in [0.1, 0.15) is 12.1 Å². The molecule has 1 aliphatic carbocycles. The van der Waals surface area contributed by atoms with Crippen LogP contribution in [-0.2, 0) is 16.1 Å². The molecular weight excluding hydrogens is 421 g/mol. The Morgan fingerprint density at radius 3 is 2.82 bits per heavy atom. The summed E-state index contributed by atoms with van der Waals surface area (Å²) in [5.41, 5.74) is 4.10. The summed E-state index contributed by atoms with van der Waals surface area (Å²) >= 11 is 0. The predicted octanol–water partition coefficient (Wildman–Crippen LogP) is 4.30. The van der Waals surface area contributed by atoms with Crippen LogP contribution in [0.25, 0.3) is 5.65 Å². The molecule has 2 aliphatic rings. The highest BCUT2D eigenvalue weighted by molar-refractivity contribution is 5.78. The molecule has 1 aromatic carbocycles. The zero-order valence-electron chi connectivity index (χ0n) is 18.6. The van der Waals surface area contributed by atoms with Crippen molar-refractivity contribution in [2.75, 3.05) is 6.61 Å². The Hall–Kier alpha value is -3.31. The average Bonchev–Trinajstić information content (AvgIpc) is 3.49. The molecule has 1 aliphatic heterocycles. The molecule has 0 spiro atoms. The van der Waals surface area contributed by atoms with Crippen molar-refractivity contribution in [3.63, 3.8) is 0 Å². The molecule has 2 aromatic heterocycles. The summed E-state index contributed by atoms with van der Waals surface area (Å²) in [6.07, 6.45) is 8.75. The van der Waals surface area contributed by atoms with Gasteiger partial charge in [0.15, 0.2) is 5.65 Å².